The predicted molar refractivity (Wildman–Crippen MR) is 97.9 cm³/mol. The first-order valence-electron chi connectivity index (χ1n) is 8.21. The van der Waals surface area contributed by atoms with E-state index in [4.69, 9.17) is 4.52 Å². The third-order valence-electron chi connectivity index (χ3n) is 4.59. The topological polar surface area (TPSA) is 76.7 Å². The number of aromatic nitrogens is 4. The second kappa shape index (κ2) is 5.42. The number of fused-ring (bicyclic) bond motifs is 2. The van der Waals surface area contributed by atoms with Crippen molar-refractivity contribution in [3.63, 3.8) is 0 Å². The fourth-order valence-electron chi connectivity index (χ4n) is 3.32. The lowest BCUT2D eigenvalue weighted by Crippen LogP contribution is -2.01. The van der Waals surface area contributed by atoms with E-state index in [0.717, 1.165) is 27.4 Å². The number of H-pyrrole nitrogens is 1. The fourth-order valence-corrected chi connectivity index (χ4v) is 3.32. The van der Waals surface area contributed by atoms with Crippen LogP contribution in [0.4, 0.5) is 0 Å². The molecule has 0 saturated heterocycles. The molecule has 0 aliphatic heterocycles. The summed E-state index contributed by atoms with van der Waals surface area (Å²) < 4.78 is 7.19. The molecule has 0 saturated carbocycles. The van der Waals surface area contributed by atoms with E-state index in [0.29, 0.717) is 11.4 Å². The molecule has 0 bridgehead atoms. The lowest BCUT2D eigenvalue weighted by Gasteiger charge is -1.94. The van der Waals surface area contributed by atoms with Gasteiger partial charge in [0.05, 0.1) is 5.56 Å². The van der Waals surface area contributed by atoms with Gasteiger partial charge in [-0.3, -0.25) is 4.79 Å². The van der Waals surface area contributed by atoms with E-state index in [2.05, 4.69) is 15.1 Å². The molecule has 3 aromatic heterocycles. The molecule has 0 spiro atoms. The average Bonchev–Trinajstić information content (AvgIpc) is 3.38. The molecule has 5 aromatic rings. The molecule has 6 heteroatoms. The molecule has 0 unspecified atom stereocenters. The number of para-hydroxylation sites is 2. The van der Waals surface area contributed by atoms with Crippen LogP contribution in [-0.2, 0) is 7.05 Å². The van der Waals surface area contributed by atoms with E-state index in [1.54, 1.807) is 6.20 Å². The number of benzene rings is 2. The van der Waals surface area contributed by atoms with Crippen molar-refractivity contribution >= 4 is 27.6 Å². The molecule has 2 aromatic carbocycles. The fraction of sp³-hybridized carbons (Fsp3) is 0.0500. The highest BCUT2D eigenvalue weighted by Crippen LogP contribution is 2.27. The van der Waals surface area contributed by atoms with Gasteiger partial charge in [-0.2, -0.15) is 4.98 Å². The van der Waals surface area contributed by atoms with Crippen LogP contribution in [-0.4, -0.2) is 25.5 Å². The maximum Gasteiger partial charge on any atom is 0.299 e. The summed E-state index contributed by atoms with van der Waals surface area (Å²) in [7, 11) is 1.91. The summed E-state index contributed by atoms with van der Waals surface area (Å²) in [6.07, 6.45) is 3.62. The largest absolute Gasteiger partial charge is 0.360 e. The van der Waals surface area contributed by atoms with Crippen molar-refractivity contribution in [2.75, 3.05) is 0 Å². The number of nitrogens with one attached hydrogen (secondary N) is 1. The van der Waals surface area contributed by atoms with Gasteiger partial charge >= 0.3 is 0 Å². The van der Waals surface area contributed by atoms with Gasteiger partial charge in [0.2, 0.25) is 5.82 Å². The normalized spacial score (nSPS) is 11.4. The Bertz CT molecular complexity index is 1280. The third kappa shape index (κ3) is 2.09. The number of aryl methyl sites for hydroxylation is 1. The van der Waals surface area contributed by atoms with Crippen LogP contribution in [0, 0.1) is 0 Å². The summed E-state index contributed by atoms with van der Waals surface area (Å²) in [5, 5.41) is 5.86. The Morgan fingerprint density at radius 3 is 2.73 bits per heavy atom. The molecule has 3 heterocycles. The minimum atomic E-state index is -0.277. The highest BCUT2D eigenvalue weighted by Gasteiger charge is 2.22. The smallest absolute Gasteiger partial charge is 0.299 e. The number of hydrogen-bond donors (Lipinski definition) is 1. The molecule has 6 nitrogen and oxygen atoms in total. The van der Waals surface area contributed by atoms with Crippen LogP contribution < -0.4 is 0 Å². The van der Waals surface area contributed by atoms with Crippen molar-refractivity contribution < 1.29 is 9.32 Å². The Balaban J connectivity index is 1.58. The van der Waals surface area contributed by atoms with Gasteiger partial charge in [-0.25, -0.2) is 0 Å². The second-order valence-electron chi connectivity index (χ2n) is 6.17. The monoisotopic (exact) mass is 342 g/mol. The molecule has 1 N–H and O–H groups in total. The molecule has 0 amide bonds. The van der Waals surface area contributed by atoms with E-state index >= 15 is 0 Å². The number of hydrogen-bond acceptors (Lipinski definition) is 4. The van der Waals surface area contributed by atoms with Crippen molar-refractivity contribution in [3.8, 4) is 11.4 Å². The van der Waals surface area contributed by atoms with Crippen LogP contribution in [0.1, 0.15) is 16.2 Å². The van der Waals surface area contributed by atoms with E-state index in [1.807, 2.05) is 66.3 Å². The van der Waals surface area contributed by atoms with Gasteiger partial charge in [-0.1, -0.05) is 41.6 Å². The molecule has 0 radical (unpaired) electrons. The van der Waals surface area contributed by atoms with Crippen LogP contribution in [0.5, 0.6) is 0 Å². The Kier molecular flexibility index (Phi) is 3.05. The van der Waals surface area contributed by atoms with Gasteiger partial charge in [-0.05, 0) is 12.1 Å². The molecule has 0 aliphatic carbocycles. The first-order chi connectivity index (χ1) is 12.7. The van der Waals surface area contributed by atoms with Gasteiger partial charge in [-0.15, -0.1) is 0 Å². The molecule has 26 heavy (non-hydrogen) atoms. The number of carbonyl (C=O) groups excluding carboxylic acids is 1. The minimum absolute atomic E-state index is 0.0124. The number of nitrogens with zero attached hydrogens (tertiary/aromatic N) is 3. The summed E-state index contributed by atoms with van der Waals surface area (Å²) in [4.78, 5) is 20.4. The number of ketones is 1. The number of carbonyl (C=O) groups is 1. The molecule has 0 aliphatic rings. The van der Waals surface area contributed by atoms with Crippen molar-refractivity contribution in [2.45, 2.75) is 0 Å². The first kappa shape index (κ1) is 14.7. The van der Waals surface area contributed by atoms with Gasteiger partial charge in [0.15, 0.2) is 0 Å². The van der Waals surface area contributed by atoms with Crippen molar-refractivity contribution in [3.05, 3.63) is 72.4 Å². The van der Waals surface area contributed by atoms with Crippen LogP contribution in [0.25, 0.3) is 33.2 Å². The molecular formula is C20H14N4O2. The van der Waals surface area contributed by atoms with E-state index < -0.39 is 0 Å². The maximum atomic E-state index is 12.9. The summed E-state index contributed by atoms with van der Waals surface area (Å²) in [5.41, 5.74) is 3.32. The van der Waals surface area contributed by atoms with Crippen molar-refractivity contribution in [2.24, 2.45) is 7.05 Å². The Morgan fingerprint density at radius 2 is 1.85 bits per heavy atom. The summed E-state index contributed by atoms with van der Waals surface area (Å²) >= 11 is 0. The zero-order valence-corrected chi connectivity index (χ0v) is 13.9. The summed E-state index contributed by atoms with van der Waals surface area (Å²) in [6, 6.07) is 15.6. The van der Waals surface area contributed by atoms with Gasteiger partial charge in [0.25, 0.3) is 11.7 Å². The Labute approximate surface area is 148 Å². The predicted octanol–water partition coefficient (Wildman–Crippen LogP) is 3.94. The van der Waals surface area contributed by atoms with E-state index in [9.17, 15) is 4.79 Å². The average molecular weight is 342 g/mol. The first-order valence-corrected chi connectivity index (χ1v) is 8.21. The molecular weight excluding hydrogens is 328 g/mol. The second-order valence-corrected chi connectivity index (χ2v) is 6.17. The highest BCUT2D eigenvalue weighted by atomic mass is 16.5. The molecule has 126 valence electrons. The number of rotatable bonds is 3. The van der Waals surface area contributed by atoms with E-state index in [1.165, 1.54) is 0 Å². The number of aromatic amines is 1. The maximum absolute atomic E-state index is 12.9. The lowest BCUT2D eigenvalue weighted by molar-refractivity contribution is 0.0995. The standard InChI is InChI=1S/C20H14N4O2/c1-24-11-15(13-7-3-5-9-17(13)24)18(25)20-22-19(23-26-20)14-10-21-16-8-4-2-6-12(14)16/h2-11,21H,1H3. The quantitative estimate of drug-likeness (QED) is 0.504. The Hall–Kier alpha value is -3.67. The third-order valence-corrected chi connectivity index (χ3v) is 4.59. The molecule has 5 rings (SSSR count). The summed E-state index contributed by atoms with van der Waals surface area (Å²) in [6.45, 7) is 0. The van der Waals surface area contributed by atoms with Crippen LogP contribution in [0.3, 0.4) is 0 Å². The zero-order chi connectivity index (χ0) is 17.7. The van der Waals surface area contributed by atoms with Crippen LogP contribution in [0.2, 0.25) is 0 Å². The van der Waals surface area contributed by atoms with Crippen molar-refractivity contribution in [1.82, 2.24) is 19.7 Å². The van der Waals surface area contributed by atoms with Gasteiger partial charge in [0, 0.05) is 46.8 Å². The SMILES string of the molecule is Cn1cc(C(=O)c2nc(-c3c[nH]c4ccccc34)no2)c2ccccc21. The van der Waals surface area contributed by atoms with Gasteiger partial charge < -0.3 is 14.1 Å². The van der Waals surface area contributed by atoms with Crippen LogP contribution >= 0.6 is 0 Å². The lowest BCUT2D eigenvalue weighted by atomic mass is 10.1. The van der Waals surface area contributed by atoms with E-state index in [-0.39, 0.29) is 11.7 Å². The van der Waals surface area contributed by atoms with Crippen LogP contribution in [0.15, 0.2) is 65.4 Å². The highest BCUT2D eigenvalue weighted by molar-refractivity contribution is 6.14. The zero-order valence-electron chi connectivity index (χ0n) is 13.9. The van der Waals surface area contributed by atoms with Crippen molar-refractivity contribution in [1.29, 1.82) is 0 Å². The molecule has 0 atom stereocenters. The Morgan fingerprint density at radius 1 is 1.08 bits per heavy atom. The summed E-state index contributed by atoms with van der Waals surface area (Å²) in [5.74, 6) is 0.105. The van der Waals surface area contributed by atoms with Gasteiger partial charge in [0.1, 0.15) is 0 Å². The molecule has 0 fully saturated rings. The minimum Gasteiger partial charge on any atom is -0.360 e.